The van der Waals surface area contributed by atoms with Crippen LogP contribution in [-0.2, 0) is 11.2 Å². The molecular formula is C12H15NO2. The van der Waals surface area contributed by atoms with Crippen LogP contribution in [0.3, 0.4) is 0 Å². The van der Waals surface area contributed by atoms with E-state index in [-0.39, 0.29) is 11.7 Å². The Morgan fingerprint density at radius 2 is 2.07 bits per heavy atom. The Kier molecular flexibility index (Phi) is 2.90. The molecule has 1 saturated heterocycles. The number of aromatic hydroxyl groups is 1. The average molecular weight is 205 g/mol. The van der Waals surface area contributed by atoms with Gasteiger partial charge in [-0.2, -0.15) is 0 Å². The number of phenols is 1. The van der Waals surface area contributed by atoms with Crippen LogP contribution < -0.4 is 0 Å². The van der Waals surface area contributed by atoms with Gasteiger partial charge in [0.2, 0.25) is 5.91 Å². The van der Waals surface area contributed by atoms with Crippen LogP contribution in [0.1, 0.15) is 18.4 Å². The zero-order valence-corrected chi connectivity index (χ0v) is 8.65. The Labute approximate surface area is 89.3 Å². The lowest BCUT2D eigenvalue weighted by Crippen LogP contribution is -2.28. The standard InChI is InChI=1S/C12H15NO2/c14-11-5-3-4-10(8-11)9-12(15)13-6-1-2-7-13/h3-5,8,14H,1-2,6-7,9H2. The molecule has 15 heavy (non-hydrogen) atoms. The number of hydrogen-bond donors (Lipinski definition) is 1. The third kappa shape index (κ3) is 2.49. The lowest BCUT2D eigenvalue weighted by molar-refractivity contribution is -0.129. The zero-order valence-electron chi connectivity index (χ0n) is 8.65. The average Bonchev–Trinajstić information content (AvgIpc) is 2.70. The molecule has 3 heteroatoms. The van der Waals surface area contributed by atoms with Crippen molar-refractivity contribution in [2.45, 2.75) is 19.3 Å². The van der Waals surface area contributed by atoms with Crippen molar-refractivity contribution in [1.82, 2.24) is 4.90 Å². The zero-order chi connectivity index (χ0) is 10.7. The monoisotopic (exact) mass is 205 g/mol. The summed E-state index contributed by atoms with van der Waals surface area (Å²) in [6.45, 7) is 1.77. The molecule has 0 aliphatic carbocycles. The van der Waals surface area contributed by atoms with E-state index in [1.54, 1.807) is 18.2 Å². The second-order valence-electron chi connectivity index (χ2n) is 3.93. The SMILES string of the molecule is O=C(Cc1cccc(O)c1)N1CCCC1. The Hall–Kier alpha value is -1.51. The van der Waals surface area contributed by atoms with Gasteiger partial charge in [-0.15, -0.1) is 0 Å². The highest BCUT2D eigenvalue weighted by Gasteiger charge is 2.17. The van der Waals surface area contributed by atoms with Gasteiger partial charge in [-0.05, 0) is 30.5 Å². The summed E-state index contributed by atoms with van der Waals surface area (Å²) in [6.07, 6.45) is 2.63. The molecule has 1 aromatic rings. The molecule has 0 saturated carbocycles. The number of hydrogen-bond acceptors (Lipinski definition) is 2. The molecule has 1 aliphatic heterocycles. The molecule has 1 aromatic carbocycles. The van der Waals surface area contributed by atoms with Crippen molar-refractivity contribution in [2.24, 2.45) is 0 Å². The molecule has 0 spiro atoms. The van der Waals surface area contributed by atoms with E-state index in [9.17, 15) is 9.90 Å². The Morgan fingerprint density at radius 3 is 2.73 bits per heavy atom. The normalized spacial score (nSPS) is 15.6. The van der Waals surface area contributed by atoms with Crippen molar-refractivity contribution in [3.63, 3.8) is 0 Å². The maximum atomic E-state index is 11.8. The van der Waals surface area contributed by atoms with Gasteiger partial charge >= 0.3 is 0 Å². The molecule has 1 amide bonds. The Balaban J connectivity index is 1.99. The van der Waals surface area contributed by atoms with Crippen molar-refractivity contribution in [2.75, 3.05) is 13.1 Å². The van der Waals surface area contributed by atoms with Gasteiger partial charge in [-0.25, -0.2) is 0 Å². The number of benzene rings is 1. The molecule has 1 N–H and O–H groups in total. The molecule has 3 nitrogen and oxygen atoms in total. The minimum absolute atomic E-state index is 0.165. The number of rotatable bonds is 2. The molecule has 80 valence electrons. The second-order valence-corrected chi connectivity index (χ2v) is 3.93. The Morgan fingerprint density at radius 1 is 1.33 bits per heavy atom. The smallest absolute Gasteiger partial charge is 0.226 e. The van der Waals surface area contributed by atoms with E-state index < -0.39 is 0 Å². The Bertz CT molecular complexity index is 356. The molecule has 0 unspecified atom stereocenters. The third-order valence-electron chi connectivity index (χ3n) is 2.72. The van der Waals surface area contributed by atoms with Gasteiger partial charge in [0.1, 0.15) is 5.75 Å². The molecule has 1 aliphatic rings. The molecular weight excluding hydrogens is 190 g/mol. The van der Waals surface area contributed by atoms with E-state index in [0.29, 0.717) is 6.42 Å². The maximum absolute atomic E-state index is 11.8. The summed E-state index contributed by atoms with van der Waals surface area (Å²) in [6, 6.07) is 6.90. The van der Waals surface area contributed by atoms with E-state index in [0.717, 1.165) is 31.5 Å². The van der Waals surface area contributed by atoms with Gasteiger partial charge in [-0.1, -0.05) is 12.1 Å². The van der Waals surface area contributed by atoms with Gasteiger partial charge in [0.05, 0.1) is 6.42 Å². The van der Waals surface area contributed by atoms with Crippen molar-refractivity contribution in [3.05, 3.63) is 29.8 Å². The number of phenolic OH excluding ortho intramolecular Hbond substituents is 1. The van der Waals surface area contributed by atoms with Crippen LogP contribution in [0.2, 0.25) is 0 Å². The minimum Gasteiger partial charge on any atom is -0.508 e. The van der Waals surface area contributed by atoms with E-state index in [4.69, 9.17) is 0 Å². The maximum Gasteiger partial charge on any atom is 0.226 e. The number of amides is 1. The van der Waals surface area contributed by atoms with Crippen LogP contribution in [0, 0.1) is 0 Å². The highest BCUT2D eigenvalue weighted by molar-refractivity contribution is 5.79. The van der Waals surface area contributed by atoms with Gasteiger partial charge in [0.15, 0.2) is 0 Å². The van der Waals surface area contributed by atoms with Gasteiger partial charge < -0.3 is 10.0 Å². The lowest BCUT2D eigenvalue weighted by Gasteiger charge is -2.14. The largest absolute Gasteiger partial charge is 0.508 e. The first-order valence-corrected chi connectivity index (χ1v) is 5.31. The summed E-state index contributed by atoms with van der Waals surface area (Å²) in [5.74, 6) is 0.389. The summed E-state index contributed by atoms with van der Waals surface area (Å²) >= 11 is 0. The van der Waals surface area contributed by atoms with E-state index in [1.165, 1.54) is 0 Å². The summed E-state index contributed by atoms with van der Waals surface area (Å²) < 4.78 is 0. The van der Waals surface area contributed by atoms with Gasteiger partial charge in [0.25, 0.3) is 0 Å². The van der Waals surface area contributed by atoms with E-state index in [1.807, 2.05) is 11.0 Å². The van der Waals surface area contributed by atoms with Gasteiger partial charge in [-0.3, -0.25) is 4.79 Å². The quantitative estimate of drug-likeness (QED) is 0.796. The third-order valence-corrected chi connectivity index (χ3v) is 2.72. The highest BCUT2D eigenvalue weighted by atomic mass is 16.3. The van der Waals surface area contributed by atoms with E-state index >= 15 is 0 Å². The number of nitrogens with zero attached hydrogens (tertiary/aromatic N) is 1. The van der Waals surface area contributed by atoms with Crippen LogP contribution in [0.25, 0.3) is 0 Å². The van der Waals surface area contributed by atoms with Crippen LogP contribution in [0.15, 0.2) is 24.3 Å². The fraction of sp³-hybridized carbons (Fsp3) is 0.417. The molecule has 0 radical (unpaired) electrons. The van der Waals surface area contributed by atoms with Crippen LogP contribution in [-0.4, -0.2) is 29.0 Å². The van der Waals surface area contributed by atoms with Crippen LogP contribution in [0.4, 0.5) is 0 Å². The fourth-order valence-electron chi connectivity index (χ4n) is 1.92. The summed E-state index contributed by atoms with van der Waals surface area (Å²) in [7, 11) is 0. The first kappa shape index (κ1) is 10.0. The summed E-state index contributed by atoms with van der Waals surface area (Å²) in [4.78, 5) is 13.7. The van der Waals surface area contributed by atoms with Crippen molar-refractivity contribution >= 4 is 5.91 Å². The predicted octanol–water partition coefficient (Wildman–Crippen LogP) is 1.56. The van der Waals surface area contributed by atoms with Crippen molar-refractivity contribution < 1.29 is 9.90 Å². The first-order valence-electron chi connectivity index (χ1n) is 5.31. The predicted molar refractivity (Wildman–Crippen MR) is 57.6 cm³/mol. The fourth-order valence-corrected chi connectivity index (χ4v) is 1.92. The highest BCUT2D eigenvalue weighted by Crippen LogP contribution is 2.14. The minimum atomic E-state index is 0.165. The molecule has 1 heterocycles. The second kappa shape index (κ2) is 4.34. The molecule has 1 fully saturated rings. The van der Waals surface area contributed by atoms with Crippen LogP contribution >= 0.6 is 0 Å². The van der Waals surface area contributed by atoms with Crippen LogP contribution in [0.5, 0.6) is 5.75 Å². The molecule has 2 rings (SSSR count). The molecule has 0 atom stereocenters. The first-order chi connectivity index (χ1) is 7.25. The summed E-state index contributed by atoms with van der Waals surface area (Å²) in [5, 5.41) is 9.27. The number of likely N-dealkylation sites (tertiary alicyclic amines) is 1. The summed E-state index contributed by atoms with van der Waals surface area (Å²) in [5.41, 5.74) is 0.881. The van der Waals surface area contributed by atoms with Gasteiger partial charge in [0, 0.05) is 13.1 Å². The topological polar surface area (TPSA) is 40.5 Å². The molecule has 0 aromatic heterocycles. The molecule has 0 bridgehead atoms. The van der Waals surface area contributed by atoms with Crippen molar-refractivity contribution in [3.8, 4) is 5.75 Å². The number of carbonyl (C=O) groups is 1. The van der Waals surface area contributed by atoms with Crippen molar-refractivity contribution in [1.29, 1.82) is 0 Å². The van der Waals surface area contributed by atoms with E-state index in [2.05, 4.69) is 0 Å². The lowest BCUT2D eigenvalue weighted by atomic mass is 10.1. The number of carbonyl (C=O) groups excluding carboxylic acids is 1.